The fraction of sp³-hybridized carbons (Fsp3) is 0.750. The van der Waals surface area contributed by atoms with E-state index in [4.69, 9.17) is 5.26 Å². The van der Waals surface area contributed by atoms with Gasteiger partial charge in [0, 0.05) is 6.42 Å². The zero-order valence-electron chi connectivity index (χ0n) is 4.07. The van der Waals surface area contributed by atoms with Gasteiger partial charge in [-0.2, -0.15) is 5.26 Å². The van der Waals surface area contributed by atoms with Crippen LogP contribution in [0.4, 0.5) is 0 Å². The van der Waals surface area contributed by atoms with E-state index in [0.29, 0.717) is 6.42 Å². The Balaban J connectivity index is 0. The van der Waals surface area contributed by atoms with Gasteiger partial charge in [0.05, 0.1) is 6.07 Å². The summed E-state index contributed by atoms with van der Waals surface area (Å²) in [6, 6.07) is 2.02. The van der Waals surface area contributed by atoms with Crippen molar-refractivity contribution in [3.63, 3.8) is 0 Å². The van der Waals surface area contributed by atoms with E-state index < -0.39 is 0 Å². The van der Waals surface area contributed by atoms with Crippen molar-refractivity contribution >= 4 is 27.3 Å². The monoisotopic (exact) mass is 279 g/mol. The molecule has 0 atom stereocenters. The molecule has 0 amide bonds. The molecule has 0 heterocycles. The van der Waals surface area contributed by atoms with Gasteiger partial charge in [-0.3, -0.25) is 0 Å². The minimum absolute atomic E-state index is 0. The fourth-order valence-corrected chi connectivity index (χ4v) is 0.112. The predicted octanol–water partition coefficient (Wildman–Crippen LogP) is 0.394. The van der Waals surface area contributed by atoms with Crippen molar-refractivity contribution < 1.29 is 0 Å². The van der Waals surface area contributed by atoms with Crippen LogP contribution in [0.25, 0.3) is 0 Å². The molecule has 0 aromatic carbocycles. The number of nitriles is 1. The molecule has 0 aliphatic heterocycles. The molecule has 0 N–H and O–H groups in total. The molecule has 2 heteroatoms. The molecule has 2 radical (unpaired) electrons. The van der Waals surface area contributed by atoms with Gasteiger partial charge < -0.3 is 0 Å². The van der Waals surface area contributed by atoms with Crippen molar-refractivity contribution in [3.8, 4) is 6.07 Å². The van der Waals surface area contributed by atoms with Crippen LogP contribution in [0, 0.1) is 11.3 Å². The van der Waals surface area contributed by atoms with Gasteiger partial charge in [0.2, 0.25) is 0 Å². The molecule has 6 heavy (non-hydrogen) atoms. The molecular formula is C4H9NPb. The third-order valence-electron chi connectivity index (χ3n) is 0.362. The van der Waals surface area contributed by atoms with E-state index in [1.165, 1.54) is 0 Å². The Labute approximate surface area is 58.5 Å². The first-order valence-corrected chi connectivity index (χ1v) is 1.78. The average molecular weight is 278 g/mol. The van der Waals surface area contributed by atoms with Gasteiger partial charge in [0.15, 0.2) is 0 Å². The van der Waals surface area contributed by atoms with Gasteiger partial charge in [0.1, 0.15) is 0 Å². The van der Waals surface area contributed by atoms with Gasteiger partial charge in [-0.25, -0.2) is 0 Å². The van der Waals surface area contributed by atoms with Crippen LogP contribution in [0.15, 0.2) is 0 Å². The van der Waals surface area contributed by atoms with Crippen LogP contribution in [0.5, 0.6) is 0 Å². The number of hydrogen-bond donors (Lipinski definition) is 0. The van der Waals surface area contributed by atoms with E-state index in [2.05, 4.69) is 0 Å². The van der Waals surface area contributed by atoms with Gasteiger partial charge in [0.25, 0.3) is 0 Å². The number of hydrogen-bond acceptors (Lipinski definition) is 1. The van der Waals surface area contributed by atoms with Crippen molar-refractivity contribution in [3.05, 3.63) is 0 Å². The summed E-state index contributed by atoms with van der Waals surface area (Å²) < 4.78 is 0. The second kappa shape index (κ2) is 9.05. The van der Waals surface area contributed by atoms with Crippen molar-refractivity contribution in [1.82, 2.24) is 0 Å². The van der Waals surface area contributed by atoms with E-state index in [-0.39, 0.29) is 27.3 Å². The maximum atomic E-state index is 7.82. The number of rotatable bonds is 1. The normalized spacial score (nSPS) is 5.33. The van der Waals surface area contributed by atoms with Crippen LogP contribution in [-0.4, -0.2) is 27.3 Å². The fourth-order valence-electron chi connectivity index (χ4n) is 0.112. The van der Waals surface area contributed by atoms with Gasteiger partial charge in [-0.1, -0.05) is 6.92 Å². The molecule has 0 unspecified atom stereocenters. The van der Waals surface area contributed by atoms with Crippen LogP contribution in [0.1, 0.15) is 19.8 Å². The first-order valence-electron chi connectivity index (χ1n) is 1.78. The second-order valence-electron chi connectivity index (χ2n) is 0.908. The Morgan fingerprint density at radius 2 is 2.17 bits per heavy atom. The molecular weight excluding hydrogens is 269 g/mol. The summed E-state index contributed by atoms with van der Waals surface area (Å²) in [4.78, 5) is 0. The standard InChI is InChI=1S/C4H7N.Pb.2H/c1-2-3-4-5;;;/h2-3H2,1H3;;;. The summed E-state index contributed by atoms with van der Waals surface area (Å²) in [7, 11) is 0. The third kappa shape index (κ3) is 8.83. The molecule has 34 valence electrons. The van der Waals surface area contributed by atoms with E-state index >= 15 is 0 Å². The predicted molar refractivity (Wildman–Crippen MR) is 29.1 cm³/mol. The second-order valence-corrected chi connectivity index (χ2v) is 0.908. The van der Waals surface area contributed by atoms with Crippen molar-refractivity contribution in [2.24, 2.45) is 0 Å². The molecule has 0 bridgehead atoms. The van der Waals surface area contributed by atoms with Crippen LogP contribution >= 0.6 is 0 Å². The van der Waals surface area contributed by atoms with E-state index in [1.54, 1.807) is 0 Å². The maximum absolute atomic E-state index is 7.82. The molecule has 0 aromatic heterocycles. The summed E-state index contributed by atoms with van der Waals surface area (Å²) >= 11 is 0. The Morgan fingerprint density at radius 1 is 1.67 bits per heavy atom. The molecule has 0 saturated heterocycles. The molecule has 1 nitrogen and oxygen atoms in total. The van der Waals surface area contributed by atoms with Gasteiger partial charge in [-0.05, 0) is 6.42 Å². The molecule has 0 rings (SSSR count). The summed E-state index contributed by atoms with van der Waals surface area (Å²) in [6.07, 6.45) is 1.68. The Morgan fingerprint density at radius 3 is 2.17 bits per heavy atom. The summed E-state index contributed by atoms with van der Waals surface area (Å²) in [5, 5.41) is 7.82. The number of nitrogens with zero attached hydrogens (tertiary/aromatic N) is 1. The zero-order valence-corrected chi connectivity index (χ0v) is 9.57. The number of unbranched alkanes of at least 4 members (excludes halogenated alkanes) is 1. The summed E-state index contributed by atoms with van der Waals surface area (Å²) in [5.74, 6) is 0. The Bertz CT molecular complexity index is 46.0. The summed E-state index contributed by atoms with van der Waals surface area (Å²) in [5.41, 5.74) is 0. The van der Waals surface area contributed by atoms with Crippen LogP contribution in [-0.2, 0) is 0 Å². The molecule has 0 aliphatic carbocycles. The van der Waals surface area contributed by atoms with Gasteiger partial charge >= 0.3 is 27.3 Å². The molecule has 0 aromatic rings. The third-order valence-corrected chi connectivity index (χ3v) is 0.362. The Hall–Kier alpha value is 0.412. The van der Waals surface area contributed by atoms with E-state index in [9.17, 15) is 0 Å². The Kier molecular flexibility index (Phi) is 14.6. The molecule has 0 spiro atoms. The van der Waals surface area contributed by atoms with E-state index in [1.807, 2.05) is 13.0 Å². The summed E-state index contributed by atoms with van der Waals surface area (Å²) in [6.45, 7) is 1.99. The molecule has 0 saturated carbocycles. The first kappa shape index (κ1) is 9.65. The zero-order chi connectivity index (χ0) is 4.12. The van der Waals surface area contributed by atoms with E-state index in [0.717, 1.165) is 6.42 Å². The van der Waals surface area contributed by atoms with Crippen molar-refractivity contribution in [1.29, 1.82) is 5.26 Å². The first-order chi connectivity index (χ1) is 2.41. The quantitative estimate of drug-likeness (QED) is 0.637. The van der Waals surface area contributed by atoms with Crippen molar-refractivity contribution in [2.45, 2.75) is 19.8 Å². The SMILES string of the molecule is CCCC#N.[PbH2]. The topological polar surface area (TPSA) is 23.8 Å². The van der Waals surface area contributed by atoms with Crippen LogP contribution < -0.4 is 0 Å². The van der Waals surface area contributed by atoms with Crippen LogP contribution in [0.3, 0.4) is 0 Å². The van der Waals surface area contributed by atoms with Crippen LogP contribution in [0.2, 0.25) is 0 Å². The average Bonchev–Trinajstić information content (AvgIpc) is 1.41. The minimum atomic E-state index is 0. The van der Waals surface area contributed by atoms with Gasteiger partial charge in [-0.15, -0.1) is 0 Å². The molecule has 0 aliphatic rings. The van der Waals surface area contributed by atoms with Crippen molar-refractivity contribution in [2.75, 3.05) is 0 Å². The molecule has 0 fully saturated rings.